The lowest BCUT2D eigenvalue weighted by Crippen LogP contribution is -2.13. The molecule has 0 N–H and O–H groups in total. The molecule has 0 amide bonds. The fourth-order valence-corrected chi connectivity index (χ4v) is 2.57. The Morgan fingerprint density at radius 3 is 2.70 bits per heavy atom. The smallest absolute Gasteiger partial charge is 0.0633 e. The molecule has 2 aliphatic carbocycles. The number of isothiocyanates is 1. The number of thiocarbonyl (C=S) groups is 1. The number of hydrogen-bond donors (Lipinski definition) is 0. The van der Waals surface area contributed by atoms with Gasteiger partial charge in [0.2, 0.25) is 0 Å². The van der Waals surface area contributed by atoms with Crippen LogP contribution in [0.2, 0.25) is 0 Å². The second-order valence-corrected chi connectivity index (χ2v) is 3.65. The number of aliphatic imine (C=N–C) groups is 1. The molecule has 2 rings (SSSR count). The Morgan fingerprint density at radius 1 is 1.30 bits per heavy atom. The van der Waals surface area contributed by atoms with E-state index in [1.165, 1.54) is 25.7 Å². The van der Waals surface area contributed by atoms with Crippen LogP contribution in [0, 0.1) is 11.8 Å². The van der Waals surface area contributed by atoms with Crippen LogP contribution in [-0.2, 0) is 0 Å². The van der Waals surface area contributed by atoms with Gasteiger partial charge in [-0.15, -0.1) is 0 Å². The minimum atomic E-state index is 0.552. The van der Waals surface area contributed by atoms with Crippen molar-refractivity contribution in [2.75, 3.05) is 0 Å². The van der Waals surface area contributed by atoms with Gasteiger partial charge in [0.05, 0.1) is 11.2 Å². The Hall–Kier alpha value is -0.200. The average molecular weight is 153 g/mol. The third-order valence-electron chi connectivity index (χ3n) is 2.92. The second kappa shape index (κ2) is 2.44. The third-order valence-corrected chi connectivity index (χ3v) is 3.02. The molecule has 0 radical (unpaired) electrons. The zero-order valence-electron chi connectivity index (χ0n) is 5.92. The van der Waals surface area contributed by atoms with E-state index in [4.69, 9.17) is 0 Å². The van der Waals surface area contributed by atoms with Crippen LogP contribution in [0.15, 0.2) is 4.99 Å². The van der Waals surface area contributed by atoms with Crippen molar-refractivity contribution < 1.29 is 0 Å². The maximum Gasteiger partial charge on any atom is 0.0633 e. The molecular weight excluding hydrogens is 142 g/mol. The van der Waals surface area contributed by atoms with Crippen LogP contribution in [0.1, 0.15) is 25.7 Å². The summed E-state index contributed by atoms with van der Waals surface area (Å²) in [5.74, 6) is 1.84. The molecule has 0 aromatic carbocycles. The standard InChI is InChI=1S/C8H11NS/c10-5-9-8-4-6-1-2-7(8)3-6/h6-8H,1-4H2/t6-,7+,8?/m1/s1. The van der Waals surface area contributed by atoms with E-state index in [9.17, 15) is 0 Å². The molecule has 10 heavy (non-hydrogen) atoms. The normalized spacial score (nSPS) is 43.4. The highest BCUT2D eigenvalue weighted by Crippen LogP contribution is 2.45. The molecule has 1 nitrogen and oxygen atoms in total. The summed E-state index contributed by atoms with van der Waals surface area (Å²) < 4.78 is 0. The van der Waals surface area contributed by atoms with Gasteiger partial charge in [0, 0.05) is 0 Å². The summed E-state index contributed by atoms with van der Waals surface area (Å²) in [6, 6.07) is 0.552. The molecule has 2 heteroatoms. The molecule has 3 atom stereocenters. The molecule has 0 aliphatic heterocycles. The Kier molecular flexibility index (Phi) is 1.59. The molecule has 2 aliphatic rings. The maximum absolute atomic E-state index is 4.59. The summed E-state index contributed by atoms with van der Waals surface area (Å²) in [7, 11) is 0. The lowest BCUT2D eigenvalue weighted by atomic mass is 9.96. The van der Waals surface area contributed by atoms with Crippen molar-refractivity contribution >= 4 is 17.4 Å². The second-order valence-electron chi connectivity index (χ2n) is 3.46. The predicted octanol–water partition coefficient (Wildman–Crippen LogP) is 2.28. The van der Waals surface area contributed by atoms with Gasteiger partial charge in [0.1, 0.15) is 0 Å². The lowest BCUT2D eigenvalue weighted by molar-refractivity contribution is 0.422. The number of hydrogen-bond acceptors (Lipinski definition) is 2. The zero-order valence-corrected chi connectivity index (χ0v) is 6.73. The van der Waals surface area contributed by atoms with Crippen LogP contribution in [0.4, 0.5) is 0 Å². The van der Waals surface area contributed by atoms with E-state index in [0.29, 0.717) is 6.04 Å². The average Bonchev–Trinajstić information content (AvgIpc) is 2.48. The van der Waals surface area contributed by atoms with E-state index in [1.807, 2.05) is 0 Å². The Labute approximate surface area is 66.5 Å². The van der Waals surface area contributed by atoms with Crippen molar-refractivity contribution in [1.29, 1.82) is 0 Å². The summed E-state index contributed by atoms with van der Waals surface area (Å²) in [4.78, 5) is 4.17. The molecule has 2 fully saturated rings. The summed E-state index contributed by atoms with van der Waals surface area (Å²) in [5, 5.41) is 2.50. The topological polar surface area (TPSA) is 12.4 Å². The van der Waals surface area contributed by atoms with Crippen molar-refractivity contribution in [1.82, 2.24) is 0 Å². The maximum atomic E-state index is 4.59. The van der Waals surface area contributed by atoms with Gasteiger partial charge in [0.15, 0.2) is 0 Å². The molecule has 2 saturated carbocycles. The van der Waals surface area contributed by atoms with Crippen LogP contribution in [0.25, 0.3) is 0 Å². The molecule has 2 bridgehead atoms. The van der Waals surface area contributed by atoms with Gasteiger partial charge in [-0.2, -0.15) is 0 Å². The molecule has 0 saturated heterocycles. The fourth-order valence-electron chi connectivity index (χ4n) is 2.44. The van der Waals surface area contributed by atoms with Crippen LogP contribution >= 0.6 is 12.2 Å². The van der Waals surface area contributed by atoms with E-state index in [1.54, 1.807) is 0 Å². The van der Waals surface area contributed by atoms with Crippen molar-refractivity contribution in [3.05, 3.63) is 0 Å². The molecule has 0 heterocycles. The van der Waals surface area contributed by atoms with Crippen molar-refractivity contribution in [3.8, 4) is 0 Å². The Balaban J connectivity index is 2.08. The first-order valence-corrected chi connectivity index (χ1v) is 4.38. The van der Waals surface area contributed by atoms with Gasteiger partial charge < -0.3 is 0 Å². The van der Waals surface area contributed by atoms with Crippen LogP contribution in [0.3, 0.4) is 0 Å². The number of rotatable bonds is 1. The number of nitrogens with zero attached hydrogens (tertiary/aromatic N) is 1. The van der Waals surface area contributed by atoms with Gasteiger partial charge in [-0.25, -0.2) is 4.99 Å². The predicted molar refractivity (Wildman–Crippen MR) is 44.3 cm³/mol. The van der Waals surface area contributed by atoms with Crippen LogP contribution in [0.5, 0.6) is 0 Å². The van der Waals surface area contributed by atoms with Crippen molar-refractivity contribution in [3.63, 3.8) is 0 Å². The SMILES string of the molecule is S=C=NC1C[C@@H]2CC[C@H]1C2. The summed E-state index contributed by atoms with van der Waals surface area (Å²) in [6.07, 6.45) is 5.52. The molecule has 0 spiro atoms. The quantitative estimate of drug-likeness (QED) is 0.416. The zero-order chi connectivity index (χ0) is 6.97. The third kappa shape index (κ3) is 0.920. The first-order chi connectivity index (χ1) is 4.90. The number of fused-ring (bicyclic) bond motifs is 2. The minimum absolute atomic E-state index is 0.552. The summed E-state index contributed by atoms with van der Waals surface area (Å²) in [6.45, 7) is 0. The summed E-state index contributed by atoms with van der Waals surface area (Å²) >= 11 is 4.59. The van der Waals surface area contributed by atoms with Gasteiger partial charge in [-0.3, -0.25) is 0 Å². The lowest BCUT2D eigenvalue weighted by Gasteiger charge is -2.15. The summed E-state index contributed by atoms with van der Waals surface area (Å²) in [5.41, 5.74) is 0. The van der Waals surface area contributed by atoms with Gasteiger partial charge in [-0.1, -0.05) is 6.42 Å². The van der Waals surface area contributed by atoms with Crippen molar-refractivity contribution in [2.24, 2.45) is 16.8 Å². The van der Waals surface area contributed by atoms with E-state index in [2.05, 4.69) is 22.4 Å². The van der Waals surface area contributed by atoms with E-state index >= 15 is 0 Å². The Morgan fingerprint density at radius 2 is 2.20 bits per heavy atom. The highest BCUT2D eigenvalue weighted by atomic mass is 32.1. The molecule has 0 aromatic heterocycles. The first-order valence-electron chi connectivity index (χ1n) is 3.97. The van der Waals surface area contributed by atoms with E-state index in [-0.39, 0.29) is 0 Å². The van der Waals surface area contributed by atoms with Crippen molar-refractivity contribution in [2.45, 2.75) is 31.7 Å². The van der Waals surface area contributed by atoms with Crippen LogP contribution < -0.4 is 0 Å². The van der Waals surface area contributed by atoms with E-state index in [0.717, 1.165) is 11.8 Å². The van der Waals surface area contributed by atoms with Crippen LogP contribution in [-0.4, -0.2) is 11.2 Å². The molecule has 0 aromatic rings. The first kappa shape index (κ1) is 6.51. The monoisotopic (exact) mass is 153 g/mol. The van der Waals surface area contributed by atoms with Gasteiger partial charge in [0.25, 0.3) is 0 Å². The Bertz CT molecular complexity index is 184. The molecule has 54 valence electrons. The highest BCUT2D eigenvalue weighted by molar-refractivity contribution is 7.78. The minimum Gasteiger partial charge on any atom is -0.229 e. The highest BCUT2D eigenvalue weighted by Gasteiger charge is 2.39. The van der Waals surface area contributed by atoms with E-state index < -0.39 is 0 Å². The molecule has 1 unspecified atom stereocenters. The van der Waals surface area contributed by atoms with Gasteiger partial charge in [-0.05, 0) is 43.3 Å². The fraction of sp³-hybridized carbons (Fsp3) is 0.875. The van der Waals surface area contributed by atoms with Gasteiger partial charge >= 0.3 is 0 Å². The largest absolute Gasteiger partial charge is 0.229 e. The molecular formula is C8H11NS.